The minimum Gasteiger partial charge on any atom is -0.481 e. The summed E-state index contributed by atoms with van der Waals surface area (Å²) < 4.78 is 2.09. The Morgan fingerprint density at radius 3 is 3.11 bits per heavy atom. The maximum absolute atomic E-state index is 10.7. The van der Waals surface area contributed by atoms with E-state index in [0.29, 0.717) is 12.1 Å². The molecule has 2 aliphatic heterocycles. The average molecular weight is 282 g/mol. The van der Waals surface area contributed by atoms with Crippen molar-refractivity contribution in [2.75, 3.05) is 18.8 Å². The maximum atomic E-state index is 10.7. The van der Waals surface area contributed by atoms with Gasteiger partial charge >= 0.3 is 5.97 Å². The maximum Gasteiger partial charge on any atom is 0.313 e. The van der Waals surface area contributed by atoms with E-state index < -0.39 is 5.97 Å². The molecule has 0 aliphatic carbocycles. The Bertz CT molecular complexity index is 464. The number of nitrogens with zero attached hydrogens (tertiary/aromatic N) is 4. The molecule has 3 rings (SSSR count). The van der Waals surface area contributed by atoms with Crippen LogP contribution in [0.25, 0.3) is 0 Å². The zero-order chi connectivity index (χ0) is 13.2. The van der Waals surface area contributed by atoms with Crippen molar-refractivity contribution in [3.8, 4) is 0 Å². The first-order valence-corrected chi connectivity index (χ1v) is 7.72. The van der Waals surface area contributed by atoms with Crippen LogP contribution in [0.1, 0.15) is 31.7 Å². The highest BCUT2D eigenvalue weighted by Crippen LogP contribution is 2.36. The van der Waals surface area contributed by atoms with Gasteiger partial charge in [-0.2, -0.15) is 0 Å². The lowest BCUT2D eigenvalue weighted by molar-refractivity contribution is -0.133. The Hall–Kier alpha value is -1.08. The third-order valence-electron chi connectivity index (χ3n) is 4.04. The van der Waals surface area contributed by atoms with Crippen LogP contribution in [0.5, 0.6) is 0 Å². The quantitative estimate of drug-likeness (QED) is 0.838. The van der Waals surface area contributed by atoms with Gasteiger partial charge in [0, 0.05) is 12.6 Å². The minimum absolute atomic E-state index is 0.0415. The summed E-state index contributed by atoms with van der Waals surface area (Å²) >= 11 is 1.26. The molecule has 3 heterocycles. The fraction of sp³-hybridized carbons (Fsp3) is 0.750. The number of hydrogen-bond acceptors (Lipinski definition) is 5. The van der Waals surface area contributed by atoms with Gasteiger partial charge in [0.2, 0.25) is 0 Å². The molecule has 2 saturated heterocycles. The molecule has 1 N–H and O–H groups in total. The fourth-order valence-corrected chi connectivity index (χ4v) is 3.92. The molecule has 0 amide bonds. The van der Waals surface area contributed by atoms with Crippen LogP contribution >= 0.6 is 11.8 Å². The summed E-state index contributed by atoms with van der Waals surface area (Å²) in [6.45, 7) is 2.33. The Kier molecular flexibility index (Phi) is 3.74. The molecule has 0 saturated carbocycles. The first-order valence-electron chi connectivity index (χ1n) is 6.74. The number of fused-ring (bicyclic) bond motifs is 1. The van der Waals surface area contributed by atoms with Crippen molar-refractivity contribution in [2.45, 2.75) is 42.9 Å². The van der Waals surface area contributed by atoms with Crippen LogP contribution in [0.3, 0.4) is 0 Å². The molecule has 6 nitrogen and oxygen atoms in total. The van der Waals surface area contributed by atoms with Gasteiger partial charge in [0.05, 0.1) is 11.8 Å². The van der Waals surface area contributed by atoms with Gasteiger partial charge in [-0.15, -0.1) is 10.2 Å². The first-order chi connectivity index (χ1) is 9.25. The zero-order valence-corrected chi connectivity index (χ0v) is 11.6. The molecule has 1 aromatic heterocycles. The molecule has 1 aromatic rings. The van der Waals surface area contributed by atoms with Gasteiger partial charge < -0.3 is 9.67 Å². The average Bonchev–Trinajstić information content (AvgIpc) is 3.02. The third kappa shape index (κ3) is 2.62. The molecular weight excluding hydrogens is 264 g/mol. The molecule has 2 fully saturated rings. The molecule has 0 radical (unpaired) electrons. The second-order valence-corrected chi connectivity index (χ2v) is 6.10. The van der Waals surface area contributed by atoms with Crippen LogP contribution in [0, 0.1) is 0 Å². The van der Waals surface area contributed by atoms with Gasteiger partial charge in [-0.05, 0) is 25.8 Å². The number of hydrogen-bond donors (Lipinski definition) is 1. The highest BCUT2D eigenvalue weighted by Gasteiger charge is 2.37. The molecule has 7 heteroatoms. The van der Waals surface area contributed by atoms with Gasteiger partial charge in [-0.1, -0.05) is 18.2 Å². The summed E-state index contributed by atoms with van der Waals surface area (Å²) in [5, 5.41) is 17.5. The van der Waals surface area contributed by atoms with Crippen LogP contribution in [-0.2, 0) is 4.79 Å². The van der Waals surface area contributed by atoms with Crippen molar-refractivity contribution >= 4 is 17.7 Å². The highest BCUT2D eigenvalue weighted by atomic mass is 32.2. The van der Waals surface area contributed by atoms with E-state index in [9.17, 15) is 4.79 Å². The van der Waals surface area contributed by atoms with E-state index in [-0.39, 0.29) is 5.75 Å². The number of carboxylic acids is 1. The van der Waals surface area contributed by atoms with Gasteiger partial charge in [-0.25, -0.2) is 0 Å². The molecule has 2 aliphatic rings. The van der Waals surface area contributed by atoms with E-state index in [2.05, 4.69) is 19.7 Å². The molecule has 0 aromatic carbocycles. The molecular formula is C12H18N4O2S. The Labute approximate surface area is 116 Å². The lowest BCUT2D eigenvalue weighted by atomic mass is 9.99. The number of carbonyl (C=O) groups is 1. The molecule has 0 bridgehead atoms. The van der Waals surface area contributed by atoms with Crippen LogP contribution in [0.4, 0.5) is 0 Å². The van der Waals surface area contributed by atoms with Crippen LogP contribution in [0.2, 0.25) is 0 Å². The summed E-state index contributed by atoms with van der Waals surface area (Å²) in [5.74, 6) is -0.773. The van der Waals surface area contributed by atoms with Crippen LogP contribution in [-0.4, -0.2) is 55.6 Å². The number of rotatable bonds is 4. The van der Waals surface area contributed by atoms with Gasteiger partial charge in [-0.3, -0.25) is 9.69 Å². The predicted octanol–water partition coefficient (Wildman–Crippen LogP) is 1.25. The van der Waals surface area contributed by atoms with Crippen molar-refractivity contribution in [1.82, 2.24) is 19.7 Å². The van der Waals surface area contributed by atoms with E-state index in [0.717, 1.165) is 18.1 Å². The van der Waals surface area contributed by atoms with Crippen molar-refractivity contribution in [2.24, 2.45) is 0 Å². The molecule has 2 atom stereocenters. The number of thioether (sulfide) groups is 1. The minimum atomic E-state index is -0.815. The number of carboxylic acid groups (broad SMARTS) is 1. The van der Waals surface area contributed by atoms with Crippen molar-refractivity contribution in [3.63, 3.8) is 0 Å². The van der Waals surface area contributed by atoms with Crippen LogP contribution < -0.4 is 0 Å². The van der Waals surface area contributed by atoms with E-state index in [1.165, 1.54) is 37.6 Å². The van der Waals surface area contributed by atoms with Crippen molar-refractivity contribution < 1.29 is 9.90 Å². The standard InChI is InChI=1S/C12H18N4O2S/c17-11(18)7-19-12-14-13-8-16(12)10-4-6-15-5-2-1-3-9(10)15/h8-10H,1-7H2,(H,17,18). The van der Waals surface area contributed by atoms with Crippen molar-refractivity contribution in [1.29, 1.82) is 0 Å². The smallest absolute Gasteiger partial charge is 0.313 e. The van der Waals surface area contributed by atoms with Gasteiger partial charge in [0.25, 0.3) is 0 Å². The first kappa shape index (κ1) is 12.9. The fourth-order valence-electron chi connectivity index (χ4n) is 3.23. The van der Waals surface area contributed by atoms with E-state index >= 15 is 0 Å². The lowest BCUT2D eigenvalue weighted by Crippen LogP contribution is -2.37. The largest absolute Gasteiger partial charge is 0.481 e. The summed E-state index contributed by atoms with van der Waals surface area (Å²) in [6.07, 6.45) is 6.69. The summed E-state index contributed by atoms with van der Waals surface area (Å²) in [6, 6.07) is 0.987. The highest BCUT2D eigenvalue weighted by molar-refractivity contribution is 7.99. The number of aromatic nitrogens is 3. The molecule has 2 unspecified atom stereocenters. The van der Waals surface area contributed by atoms with E-state index in [1.54, 1.807) is 6.33 Å². The monoisotopic (exact) mass is 282 g/mol. The van der Waals surface area contributed by atoms with E-state index in [1.807, 2.05) is 0 Å². The predicted molar refractivity (Wildman–Crippen MR) is 71.2 cm³/mol. The number of aliphatic carboxylic acids is 1. The van der Waals surface area contributed by atoms with Gasteiger partial charge in [0.15, 0.2) is 5.16 Å². The SMILES string of the molecule is O=C(O)CSc1nncn1C1CCN2CCCCC12. The Morgan fingerprint density at radius 1 is 1.37 bits per heavy atom. The zero-order valence-electron chi connectivity index (χ0n) is 10.7. The van der Waals surface area contributed by atoms with Crippen LogP contribution in [0.15, 0.2) is 11.5 Å². The second-order valence-electron chi connectivity index (χ2n) is 5.16. The molecule has 0 spiro atoms. The summed E-state index contributed by atoms with van der Waals surface area (Å²) in [4.78, 5) is 13.2. The topological polar surface area (TPSA) is 71.2 Å². The third-order valence-corrected chi connectivity index (χ3v) is 4.98. The summed E-state index contributed by atoms with van der Waals surface area (Å²) in [5.41, 5.74) is 0. The Morgan fingerprint density at radius 2 is 2.26 bits per heavy atom. The van der Waals surface area contributed by atoms with Crippen molar-refractivity contribution in [3.05, 3.63) is 6.33 Å². The second kappa shape index (κ2) is 5.50. The van der Waals surface area contributed by atoms with Gasteiger partial charge in [0.1, 0.15) is 6.33 Å². The normalized spacial score (nSPS) is 27.4. The number of piperidine rings is 1. The molecule has 19 heavy (non-hydrogen) atoms. The van der Waals surface area contributed by atoms with E-state index in [4.69, 9.17) is 5.11 Å². The summed E-state index contributed by atoms with van der Waals surface area (Å²) in [7, 11) is 0. The lowest BCUT2D eigenvalue weighted by Gasteiger charge is -2.32. The Balaban J connectivity index is 1.75. The molecule has 104 valence electrons.